The lowest BCUT2D eigenvalue weighted by Crippen LogP contribution is -2.43. The Balaban J connectivity index is 1.87. The van der Waals surface area contributed by atoms with Crippen LogP contribution in [0.5, 0.6) is 5.75 Å². The van der Waals surface area contributed by atoms with Crippen LogP contribution in [0.15, 0.2) is 18.2 Å². The van der Waals surface area contributed by atoms with Crippen molar-refractivity contribution in [3.8, 4) is 5.75 Å². The van der Waals surface area contributed by atoms with Crippen LogP contribution in [0, 0.1) is 5.41 Å². The lowest BCUT2D eigenvalue weighted by Gasteiger charge is -2.45. The predicted molar refractivity (Wildman–Crippen MR) is 70.6 cm³/mol. The zero-order valence-corrected chi connectivity index (χ0v) is 10.7. The number of fused-ring (bicyclic) bond motifs is 1. The van der Waals surface area contributed by atoms with Gasteiger partial charge in [0, 0.05) is 11.5 Å². The highest BCUT2D eigenvalue weighted by Gasteiger charge is 2.42. The van der Waals surface area contributed by atoms with Crippen molar-refractivity contribution in [2.75, 3.05) is 13.2 Å². The van der Waals surface area contributed by atoms with Gasteiger partial charge in [-0.25, -0.2) is 0 Å². The maximum atomic E-state index is 9.60. The van der Waals surface area contributed by atoms with Crippen LogP contribution in [0.4, 0.5) is 0 Å². The van der Waals surface area contributed by atoms with Crippen LogP contribution in [0.25, 0.3) is 0 Å². The van der Waals surface area contributed by atoms with E-state index in [1.165, 1.54) is 12.0 Å². The zero-order valence-electron chi connectivity index (χ0n) is 10.7. The van der Waals surface area contributed by atoms with Crippen molar-refractivity contribution in [3.63, 3.8) is 0 Å². The second kappa shape index (κ2) is 4.56. The van der Waals surface area contributed by atoms with E-state index in [0.29, 0.717) is 0 Å². The smallest absolute Gasteiger partial charge is 0.122 e. The molecule has 0 aromatic heterocycles. The van der Waals surface area contributed by atoms with Gasteiger partial charge in [0.2, 0.25) is 0 Å². The maximum absolute atomic E-state index is 9.60. The standard InChI is InChI=1S/C15H21NO2/c16-14(15(10-17)6-2-7-15)12-4-5-13-11(9-12)3-1-8-18-13/h4-5,9,14,17H,1-3,6-8,10,16H2. The summed E-state index contributed by atoms with van der Waals surface area (Å²) in [6.07, 6.45) is 5.41. The van der Waals surface area contributed by atoms with Crippen molar-refractivity contribution in [1.29, 1.82) is 0 Å². The fraction of sp³-hybridized carbons (Fsp3) is 0.600. The Hall–Kier alpha value is -1.06. The summed E-state index contributed by atoms with van der Waals surface area (Å²) in [5.74, 6) is 1.00. The first-order valence-electron chi connectivity index (χ1n) is 6.87. The van der Waals surface area contributed by atoms with Crippen LogP contribution >= 0.6 is 0 Å². The van der Waals surface area contributed by atoms with E-state index in [4.69, 9.17) is 10.5 Å². The van der Waals surface area contributed by atoms with E-state index < -0.39 is 0 Å². The normalized spacial score (nSPS) is 22.6. The molecule has 1 aromatic rings. The van der Waals surface area contributed by atoms with Crippen molar-refractivity contribution in [2.45, 2.75) is 38.1 Å². The van der Waals surface area contributed by atoms with Gasteiger partial charge in [0.15, 0.2) is 0 Å². The van der Waals surface area contributed by atoms with Gasteiger partial charge in [-0.3, -0.25) is 0 Å². The molecule has 1 aromatic carbocycles. The summed E-state index contributed by atoms with van der Waals surface area (Å²) in [7, 11) is 0. The molecule has 0 radical (unpaired) electrons. The molecule has 1 aliphatic heterocycles. The quantitative estimate of drug-likeness (QED) is 0.860. The first kappa shape index (κ1) is 12.0. The molecule has 0 amide bonds. The van der Waals surface area contributed by atoms with Crippen molar-refractivity contribution >= 4 is 0 Å². The number of ether oxygens (including phenoxy) is 1. The molecular weight excluding hydrogens is 226 g/mol. The molecule has 1 saturated carbocycles. The first-order chi connectivity index (χ1) is 8.75. The number of benzene rings is 1. The molecule has 3 rings (SSSR count). The zero-order chi connectivity index (χ0) is 12.6. The number of aliphatic hydroxyl groups is 1. The summed E-state index contributed by atoms with van der Waals surface area (Å²) in [4.78, 5) is 0. The van der Waals surface area contributed by atoms with Crippen molar-refractivity contribution in [2.24, 2.45) is 11.1 Å². The molecule has 1 heterocycles. The summed E-state index contributed by atoms with van der Waals surface area (Å²) in [5.41, 5.74) is 8.71. The van der Waals surface area contributed by atoms with Crippen LogP contribution in [-0.2, 0) is 6.42 Å². The Morgan fingerprint density at radius 1 is 1.33 bits per heavy atom. The lowest BCUT2D eigenvalue weighted by molar-refractivity contribution is 0.0183. The monoisotopic (exact) mass is 247 g/mol. The molecule has 3 N–H and O–H groups in total. The molecule has 0 spiro atoms. The number of rotatable bonds is 3. The number of aliphatic hydroxyl groups excluding tert-OH is 1. The third-order valence-electron chi connectivity index (χ3n) is 4.62. The SMILES string of the molecule is NC(c1ccc2c(c1)CCCO2)C1(CO)CCC1. The van der Waals surface area contributed by atoms with Crippen LogP contribution in [-0.4, -0.2) is 18.3 Å². The van der Waals surface area contributed by atoms with Crippen molar-refractivity contribution < 1.29 is 9.84 Å². The molecule has 2 aliphatic rings. The lowest BCUT2D eigenvalue weighted by atomic mass is 9.63. The summed E-state index contributed by atoms with van der Waals surface area (Å²) in [5, 5.41) is 9.60. The molecule has 0 saturated heterocycles. The molecule has 98 valence electrons. The Labute approximate surface area is 108 Å². The maximum Gasteiger partial charge on any atom is 0.122 e. The van der Waals surface area contributed by atoms with Gasteiger partial charge in [-0.2, -0.15) is 0 Å². The molecule has 1 fully saturated rings. The average molecular weight is 247 g/mol. The molecular formula is C15H21NO2. The first-order valence-corrected chi connectivity index (χ1v) is 6.87. The minimum absolute atomic E-state index is 0.0523. The highest BCUT2D eigenvalue weighted by atomic mass is 16.5. The summed E-state index contributed by atoms with van der Waals surface area (Å²) in [6.45, 7) is 1.01. The fourth-order valence-corrected chi connectivity index (χ4v) is 3.13. The van der Waals surface area contributed by atoms with E-state index in [1.807, 2.05) is 6.07 Å². The molecule has 1 aliphatic carbocycles. The van der Waals surface area contributed by atoms with E-state index in [-0.39, 0.29) is 18.1 Å². The highest BCUT2D eigenvalue weighted by Crippen LogP contribution is 2.49. The third-order valence-corrected chi connectivity index (χ3v) is 4.62. The van der Waals surface area contributed by atoms with E-state index in [1.54, 1.807) is 0 Å². The van der Waals surface area contributed by atoms with Gasteiger partial charge in [-0.15, -0.1) is 0 Å². The Morgan fingerprint density at radius 3 is 2.83 bits per heavy atom. The highest BCUT2D eigenvalue weighted by molar-refractivity contribution is 5.40. The van der Waals surface area contributed by atoms with Gasteiger partial charge in [-0.05, 0) is 42.9 Å². The Morgan fingerprint density at radius 2 is 2.17 bits per heavy atom. The Kier molecular flexibility index (Phi) is 3.04. The summed E-state index contributed by atoms with van der Waals surface area (Å²) >= 11 is 0. The predicted octanol–water partition coefficient (Wildman–Crippen LogP) is 2.17. The summed E-state index contributed by atoms with van der Waals surface area (Å²) in [6, 6.07) is 6.22. The number of hydrogen-bond donors (Lipinski definition) is 2. The van der Waals surface area contributed by atoms with E-state index in [0.717, 1.165) is 43.6 Å². The number of nitrogens with two attached hydrogens (primary N) is 1. The molecule has 1 atom stereocenters. The van der Waals surface area contributed by atoms with Gasteiger partial charge in [0.25, 0.3) is 0 Å². The van der Waals surface area contributed by atoms with E-state index in [9.17, 15) is 5.11 Å². The van der Waals surface area contributed by atoms with Crippen LogP contribution in [0.2, 0.25) is 0 Å². The van der Waals surface area contributed by atoms with Gasteiger partial charge >= 0.3 is 0 Å². The van der Waals surface area contributed by atoms with Gasteiger partial charge in [0.1, 0.15) is 5.75 Å². The molecule has 18 heavy (non-hydrogen) atoms. The second-order valence-electron chi connectivity index (χ2n) is 5.67. The molecule has 0 bridgehead atoms. The third kappa shape index (κ3) is 1.82. The van der Waals surface area contributed by atoms with E-state index in [2.05, 4.69) is 12.1 Å². The molecule has 1 unspecified atom stereocenters. The largest absolute Gasteiger partial charge is 0.493 e. The van der Waals surface area contributed by atoms with Gasteiger partial charge in [0.05, 0.1) is 13.2 Å². The van der Waals surface area contributed by atoms with Gasteiger partial charge < -0.3 is 15.6 Å². The Bertz CT molecular complexity index is 435. The van der Waals surface area contributed by atoms with Crippen LogP contribution in [0.1, 0.15) is 42.9 Å². The molecule has 3 nitrogen and oxygen atoms in total. The van der Waals surface area contributed by atoms with Crippen molar-refractivity contribution in [3.05, 3.63) is 29.3 Å². The number of hydrogen-bond acceptors (Lipinski definition) is 3. The second-order valence-corrected chi connectivity index (χ2v) is 5.67. The van der Waals surface area contributed by atoms with Gasteiger partial charge in [-0.1, -0.05) is 18.6 Å². The van der Waals surface area contributed by atoms with E-state index >= 15 is 0 Å². The van der Waals surface area contributed by atoms with Crippen LogP contribution < -0.4 is 10.5 Å². The van der Waals surface area contributed by atoms with Crippen molar-refractivity contribution in [1.82, 2.24) is 0 Å². The topological polar surface area (TPSA) is 55.5 Å². The summed E-state index contributed by atoms with van der Waals surface area (Å²) < 4.78 is 5.62. The fourth-order valence-electron chi connectivity index (χ4n) is 3.13. The van der Waals surface area contributed by atoms with Crippen LogP contribution in [0.3, 0.4) is 0 Å². The number of aryl methyl sites for hydroxylation is 1. The average Bonchev–Trinajstić information content (AvgIpc) is 2.37. The molecule has 3 heteroatoms. The minimum Gasteiger partial charge on any atom is -0.493 e. The minimum atomic E-state index is -0.0796.